The van der Waals surface area contributed by atoms with E-state index in [1.165, 1.54) is 0 Å². The Hall–Kier alpha value is -2.03. The number of carbonyl (C=O) groups is 1. The van der Waals surface area contributed by atoms with E-state index in [-0.39, 0.29) is 18.2 Å². The largest absolute Gasteiger partial charge is 0.445 e. The molecule has 0 aliphatic carbocycles. The van der Waals surface area contributed by atoms with Crippen molar-refractivity contribution in [2.45, 2.75) is 38.5 Å². The highest BCUT2D eigenvalue weighted by molar-refractivity contribution is 5.69. The molecule has 1 aliphatic rings. The fourth-order valence-corrected chi connectivity index (χ4v) is 2.48. The number of ether oxygens (including phenoxy) is 1. The van der Waals surface area contributed by atoms with Crippen LogP contribution in [0, 0.1) is 0 Å². The molecule has 0 bridgehead atoms. The summed E-state index contributed by atoms with van der Waals surface area (Å²) < 4.78 is 5.43. The maximum absolute atomic E-state index is 12.3. The zero-order valence-corrected chi connectivity index (χ0v) is 11.9. The highest BCUT2D eigenvalue weighted by Crippen LogP contribution is 2.21. The van der Waals surface area contributed by atoms with Crippen LogP contribution in [-0.2, 0) is 11.3 Å². The van der Waals surface area contributed by atoms with E-state index in [1.54, 1.807) is 0 Å². The molecule has 0 radical (unpaired) electrons. The highest BCUT2D eigenvalue weighted by Gasteiger charge is 2.29. The number of amides is 1. The van der Waals surface area contributed by atoms with Crippen LogP contribution in [0.15, 0.2) is 55.1 Å². The van der Waals surface area contributed by atoms with Gasteiger partial charge in [0.2, 0.25) is 0 Å². The normalized spacial score (nSPS) is 21.6. The molecule has 0 saturated heterocycles. The zero-order chi connectivity index (χ0) is 14.4. The van der Waals surface area contributed by atoms with Gasteiger partial charge in [-0.15, -0.1) is 6.58 Å². The second kappa shape index (κ2) is 6.94. The molecule has 0 aromatic heterocycles. The summed E-state index contributed by atoms with van der Waals surface area (Å²) in [6.45, 7) is 6.09. The molecule has 0 N–H and O–H groups in total. The molecule has 1 aromatic carbocycles. The molecule has 0 fully saturated rings. The first kappa shape index (κ1) is 14.4. The van der Waals surface area contributed by atoms with Gasteiger partial charge in [0.15, 0.2) is 0 Å². The van der Waals surface area contributed by atoms with Gasteiger partial charge < -0.3 is 4.74 Å². The van der Waals surface area contributed by atoms with E-state index in [2.05, 4.69) is 12.7 Å². The number of benzene rings is 1. The summed E-state index contributed by atoms with van der Waals surface area (Å²) in [6.07, 6.45) is 7.42. The van der Waals surface area contributed by atoms with E-state index in [9.17, 15) is 4.79 Å². The molecule has 3 nitrogen and oxygen atoms in total. The zero-order valence-electron chi connectivity index (χ0n) is 11.9. The number of hydrogen-bond donors (Lipinski definition) is 0. The molecule has 0 unspecified atom stereocenters. The van der Waals surface area contributed by atoms with Gasteiger partial charge in [0.05, 0.1) is 6.04 Å². The lowest BCUT2D eigenvalue weighted by molar-refractivity contribution is 0.0699. The van der Waals surface area contributed by atoms with Gasteiger partial charge in [-0.1, -0.05) is 48.6 Å². The van der Waals surface area contributed by atoms with Crippen molar-refractivity contribution >= 4 is 6.09 Å². The third kappa shape index (κ3) is 3.50. The quantitative estimate of drug-likeness (QED) is 0.777. The summed E-state index contributed by atoms with van der Waals surface area (Å²) in [5, 5.41) is 0. The second-order valence-corrected chi connectivity index (χ2v) is 5.03. The molecular formula is C17H21NO2. The Morgan fingerprint density at radius 3 is 2.90 bits per heavy atom. The van der Waals surface area contributed by atoms with Crippen molar-refractivity contribution in [2.24, 2.45) is 0 Å². The van der Waals surface area contributed by atoms with Crippen molar-refractivity contribution in [1.82, 2.24) is 4.90 Å². The molecule has 2 rings (SSSR count). The smallest absolute Gasteiger partial charge is 0.410 e. The summed E-state index contributed by atoms with van der Waals surface area (Å²) in [5.41, 5.74) is 1.00. The minimum atomic E-state index is -0.252. The number of hydrogen-bond acceptors (Lipinski definition) is 2. The van der Waals surface area contributed by atoms with Gasteiger partial charge in [-0.2, -0.15) is 0 Å². The third-order valence-corrected chi connectivity index (χ3v) is 3.51. The SMILES string of the molecule is C=CC[C@H]1CC=C[C@@H](C)N1C(=O)OCc1ccccc1. The van der Waals surface area contributed by atoms with Crippen LogP contribution < -0.4 is 0 Å². The Kier molecular flexibility index (Phi) is 4.99. The van der Waals surface area contributed by atoms with Crippen LogP contribution >= 0.6 is 0 Å². The van der Waals surface area contributed by atoms with Crippen LogP contribution in [-0.4, -0.2) is 23.1 Å². The summed E-state index contributed by atoms with van der Waals surface area (Å²) in [6, 6.07) is 9.95. The summed E-state index contributed by atoms with van der Waals surface area (Å²) in [5.74, 6) is 0. The summed E-state index contributed by atoms with van der Waals surface area (Å²) in [7, 11) is 0. The minimum absolute atomic E-state index is 0.0666. The van der Waals surface area contributed by atoms with Crippen LogP contribution in [0.25, 0.3) is 0 Å². The Labute approximate surface area is 120 Å². The van der Waals surface area contributed by atoms with Gasteiger partial charge in [0.25, 0.3) is 0 Å². The predicted molar refractivity (Wildman–Crippen MR) is 80.3 cm³/mol. The standard InChI is InChI=1S/C17H21NO2/c1-3-8-16-12-7-9-14(2)18(16)17(19)20-13-15-10-5-4-6-11-15/h3-7,9-11,14,16H,1,8,12-13H2,2H3/t14-,16+/m1/s1. The maximum Gasteiger partial charge on any atom is 0.410 e. The first-order valence-electron chi connectivity index (χ1n) is 6.99. The van der Waals surface area contributed by atoms with Crippen LogP contribution in [0.5, 0.6) is 0 Å². The van der Waals surface area contributed by atoms with E-state index >= 15 is 0 Å². The second-order valence-electron chi connectivity index (χ2n) is 5.03. The van der Waals surface area contributed by atoms with E-state index in [0.717, 1.165) is 18.4 Å². The van der Waals surface area contributed by atoms with Crippen molar-refractivity contribution in [3.05, 3.63) is 60.7 Å². The molecular weight excluding hydrogens is 250 g/mol. The molecule has 0 spiro atoms. The van der Waals surface area contributed by atoms with E-state index in [4.69, 9.17) is 4.74 Å². The molecule has 2 atom stereocenters. The van der Waals surface area contributed by atoms with Gasteiger partial charge in [-0.3, -0.25) is 4.90 Å². The molecule has 20 heavy (non-hydrogen) atoms. The lowest BCUT2D eigenvalue weighted by Gasteiger charge is -2.36. The van der Waals surface area contributed by atoms with Crippen LogP contribution in [0.4, 0.5) is 4.79 Å². The monoisotopic (exact) mass is 271 g/mol. The van der Waals surface area contributed by atoms with Gasteiger partial charge in [-0.05, 0) is 25.3 Å². The van der Waals surface area contributed by atoms with Crippen molar-refractivity contribution in [1.29, 1.82) is 0 Å². The van der Waals surface area contributed by atoms with Crippen molar-refractivity contribution in [3.8, 4) is 0 Å². The minimum Gasteiger partial charge on any atom is -0.445 e. The van der Waals surface area contributed by atoms with E-state index in [0.29, 0.717) is 6.61 Å². The average Bonchev–Trinajstić information content (AvgIpc) is 2.46. The van der Waals surface area contributed by atoms with Crippen LogP contribution in [0.2, 0.25) is 0 Å². The molecule has 1 aliphatic heterocycles. The lowest BCUT2D eigenvalue weighted by Crippen LogP contribution is -2.47. The fourth-order valence-electron chi connectivity index (χ4n) is 2.48. The Morgan fingerprint density at radius 2 is 2.20 bits per heavy atom. The molecule has 1 amide bonds. The predicted octanol–water partition coefficient (Wildman–Crippen LogP) is 3.92. The van der Waals surface area contributed by atoms with Gasteiger partial charge in [-0.25, -0.2) is 4.79 Å². The van der Waals surface area contributed by atoms with Crippen molar-refractivity contribution in [3.63, 3.8) is 0 Å². The van der Waals surface area contributed by atoms with Crippen molar-refractivity contribution in [2.75, 3.05) is 0 Å². The first-order valence-corrected chi connectivity index (χ1v) is 6.99. The topological polar surface area (TPSA) is 29.5 Å². The maximum atomic E-state index is 12.3. The summed E-state index contributed by atoms with van der Waals surface area (Å²) >= 11 is 0. The number of rotatable bonds is 4. The Bertz CT molecular complexity index is 481. The molecule has 3 heteroatoms. The molecule has 0 saturated carbocycles. The van der Waals surface area contributed by atoms with E-state index < -0.39 is 0 Å². The molecule has 1 heterocycles. The lowest BCUT2D eigenvalue weighted by atomic mass is 10.0. The fraction of sp³-hybridized carbons (Fsp3) is 0.353. The molecule has 106 valence electrons. The highest BCUT2D eigenvalue weighted by atomic mass is 16.6. The average molecular weight is 271 g/mol. The first-order chi connectivity index (χ1) is 9.72. The van der Waals surface area contributed by atoms with Gasteiger partial charge >= 0.3 is 6.09 Å². The Balaban J connectivity index is 1.98. The van der Waals surface area contributed by atoms with Crippen molar-refractivity contribution < 1.29 is 9.53 Å². The number of carbonyl (C=O) groups excluding carboxylic acids is 1. The summed E-state index contributed by atoms with van der Waals surface area (Å²) in [4.78, 5) is 14.1. The number of nitrogens with zero attached hydrogens (tertiary/aromatic N) is 1. The van der Waals surface area contributed by atoms with Crippen LogP contribution in [0.3, 0.4) is 0 Å². The third-order valence-electron chi connectivity index (χ3n) is 3.51. The van der Waals surface area contributed by atoms with Crippen LogP contribution in [0.1, 0.15) is 25.3 Å². The molecule has 1 aromatic rings. The Morgan fingerprint density at radius 1 is 1.45 bits per heavy atom. The van der Waals surface area contributed by atoms with Gasteiger partial charge in [0.1, 0.15) is 6.61 Å². The van der Waals surface area contributed by atoms with Gasteiger partial charge in [0, 0.05) is 6.04 Å². The van der Waals surface area contributed by atoms with E-state index in [1.807, 2.05) is 54.3 Å².